The Morgan fingerprint density at radius 1 is 1.00 bits per heavy atom. The largest absolute Gasteiger partial charge is 0.416 e. The second kappa shape index (κ2) is 9.66. The Kier molecular flexibility index (Phi) is 6.22. The number of benzene rings is 3. The summed E-state index contributed by atoms with van der Waals surface area (Å²) in [4.78, 5) is 30.7. The van der Waals surface area contributed by atoms with Crippen LogP contribution in [0.4, 0.5) is 27.6 Å². The number of nitrogens with one attached hydrogen (secondary N) is 2. The number of halogens is 6. The first-order valence-corrected chi connectivity index (χ1v) is 12.3. The zero-order valence-corrected chi connectivity index (χ0v) is 21.2. The van der Waals surface area contributed by atoms with Crippen LogP contribution in [0.3, 0.4) is 0 Å². The monoisotopic (exact) mass is 583 g/mol. The number of hydrogen-bond donors (Lipinski definition) is 2. The van der Waals surface area contributed by atoms with Gasteiger partial charge < -0.3 is 10.6 Å². The Hall–Kier alpha value is -4.84. The molecule has 1 aliphatic rings. The van der Waals surface area contributed by atoms with E-state index in [-0.39, 0.29) is 33.5 Å². The van der Waals surface area contributed by atoms with Gasteiger partial charge in [0.2, 0.25) is 0 Å². The van der Waals surface area contributed by atoms with E-state index >= 15 is 0 Å². The maximum atomic E-state index is 14.2. The Bertz CT molecular complexity index is 1890. The molecule has 7 nitrogen and oxygen atoms in total. The standard InChI is InChI=1S/C28H15ClF5N5O2/c29-21-2-1-17(30)10-19(21)25-24-20(27(41)38-25)7-13(15-11-35-23-3-4-36-39(23)12-15)8-22(24)37-26(40)14-5-16(28(32,33)34)9-18(31)6-14/h1-12,25H,(H,37,40)(H,38,41). The van der Waals surface area contributed by atoms with Gasteiger partial charge in [-0.05, 0) is 54.1 Å². The van der Waals surface area contributed by atoms with Gasteiger partial charge in [0.15, 0.2) is 5.65 Å². The lowest BCUT2D eigenvalue weighted by molar-refractivity contribution is -0.137. The van der Waals surface area contributed by atoms with Crippen LogP contribution >= 0.6 is 11.6 Å². The summed E-state index contributed by atoms with van der Waals surface area (Å²) in [6.45, 7) is 0. The molecule has 0 fully saturated rings. The van der Waals surface area contributed by atoms with E-state index in [0.29, 0.717) is 28.9 Å². The van der Waals surface area contributed by atoms with Crippen LogP contribution in [0.2, 0.25) is 5.02 Å². The van der Waals surface area contributed by atoms with Crippen molar-refractivity contribution >= 4 is 34.7 Å². The number of fused-ring (bicyclic) bond motifs is 2. The smallest absolute Gasteiger partial charge is 0.341 e. The van der Waals surface area contributed by atoms with Crippen molar-refractivity contribution in [2.75, 3.05) is 5.32 Å². The summed E-state index contributed by atoms with van der Waals surface area (Å²) in [6.07, 6.45) is -0.215. The SMILES string of the molecule is O=C(Nc1cc(-c2cnc3ccnn3c2)cc2c1C(c1cc(F)ccc1Cl)NC2=O)c1cc(F)cc(C(F)(F)F)c1. The zero-order valence-electron chi connectivity index (χ0n) is 20.4. The highest BCUT2D eigenvalue weighted by molar-refractivity contribution is 6.31. The number of anilines is 1. The molecule has 41 heavy (non-hydrogen) atoms. The first-order chi connectivity index (χ1) is 19.5. The van der Waals surface area contributed by atoms with E-state index in [9.17, 15) is 31.5 Å². The highest BCUT2D eigenvalue weighted by Crippen LogP contribution is 2.42. The van der Waals surface area contributed by atoms with E-state index in [1.807, 2.05) is 0 Å². The Balaban J connectivity index is 1.51. The lowest BCUT2D eigenvalue weighted by Crippen LogP contribution is -2.21. The van der Waals surface area contributed by atoms with Gasteiger partial charge in [0.05, 0.1) is 17.8 Å². The van der Waals surface area contributed by atoms with Crippen molar-refractivity contribution in [3.05, 3.63) is 118 Å². The first-order valence-electron chi connectivity index (χ1n) is 11.9. The third kappa shape index (κ3) is 4.86. The van der Waals surface area contributed by atoms with Crippen LogP contribution in [0.5, 0.6) is 0 Å². The lowest BCUT2D eigenvalue weighted by atomic mass is 9.93. The van der Waals surface area contributed by atoms with Crippen molar-refractivity contribution in [1.82, 2.24) is 19.9 Å². The molecule has 1 unspecified atom stereocenters. The molecule has 6 rings (SSSR count). The summed E-state index contributed by atoms with van der Waals surface area (Å²) in [5, 5.41) is 9.49. The number of aromatic nitrogens is 3. The molecule has 1 atom stereocenters. The second-order valence-electron chi connectivity index (χ2n) is 9.21. The molecule has 206 valence electrons. The van der Waals surface area contributed by atoms with Crippen molar-refractivity contribution < 1.29 is 31.5 Å². The fourth-order valence-electron chi connectivity index (χ4n) is 4.71. The molecule has 0 saturated carbocycles. The molecule has 5 aromatic rings. The van der Waals surface area contributed by atoms with Gasteiger partial charge >= 0.3 is 6.18 Å². The maximum absolute atomic E-state index is 14.2. The van der Waals surface area contributed by atoms with Crippen molar-refractivity contribution in [3.8, 4) is 11.1 Å². The minimum Gasteiger partial charge on any atom is -0.341 e. The third-order valence-corrected chi connectivity index (χ3v) is 6.92. The number of carbonyl (C=O) groups excluding carboxylic acids is 2. The average Bonchev–Trinajstić information content (AvgIpc) is 3.53. The second-order valence-corrected chi connectivity index (χ2v) is 9.62. The van der Waals surface area contributed by atoms with Crippen LogP contribution in [0.15, 0.2) is 73.2 Å². The van der Waals surface area contributed by atoms with Crippen LogP contribution in [0.25, 0.3) is 16.8 Å². The van der Waals surface area contributed by atoms with E-state index in [0.717, 1.165) is 12.1 Å². The van der Waals surface area contributed by atoms with E-state index in [4.69, 9.17) is 11.6 Å². The fourth-order valence-corrected chi connectivity index (χ4v) is 4.94. The van der Waals surface area contributed by atoms with Gasteiger partial charge in [0.1, 0.15) is 11.6 Å². The summed E-state index contributed by atoms with van der Waals surface area (Å²) in [5.74, 6) is -3.53. The van der Waals surface area contributed by atoms with Crippen LogP contribution in [-0.2, 0) is 6.18 Å². The molecule has 2 amide bonds. The first kappa shape index (κ1) is 26.4. The molecular weight excluding hydrogens is 569 g/mol. The van der Waals surface area contributed by atoms with Crippen LogP contribution in [0, 0.1) is 11.6 Å². The molecule has 3 heterocycles. The fraction of sp³-hybridized carbons (Fsp3) is 0.0714. The van der Waals surface area contributed by atoms with Gasteiger partial charge in [-0.3, -0.25) is 9.59 Å². The number of rotatable bonds is 4. The summed E-state index contributed by atoms with van der Waals surface area (Å²) in [6, 6.07) is 8.68. The molecule has 0 radical (unpaired) electrons. The zero-order chi connectivity index (χ0) is 29.1. The van der Waals surface area contributed by atoms with Gasteiger partial charge in [0.25, 0.3) is 11.8 Å². The molecule has 1 aliphatic heterocycles. The van der Waals surface area contributed by atoms with Crippen LogP contribution < -0.4 is 10.6 Å². The highest BCUT2D eigenvalue weighted by Gasteiger charge is 2.36. The van der Waals surface area contributed by atoms with Crippen molar-refractivity contribution in [2.45, 2.75) is 12.2 Å². The summed E-state index contributed by atoms with van der Waals surface area (Å²) in [7, 11) is 0. The van der Waals surface area contributed by atoms with Crippen molar-refractivity contribution in [2.24, 2.45) is 0 Å². The van der Waals surface area contributed by atoms with Gasteiger partial charge in [-0.1, -0.05) is 11.6 Å². The summed E-state index contributed by atoms with van der Waals surface area (Å²) in [5.41, 5.74) is -0.0239. The Morgan fingerprint density at radius 3 is 2.59 bits per heavy atom. The maximum Gasteiger partial charge on any atom is 0.416 e. The van der Waals surface area contributed by atoms with Gasteiger partial charge in [-0.2, -0.15) is 18.3 Å². The van der Waals surface area contributed by atoms with Crippen molar-refractivity contribution in [1.29, 1.82) is 0 Å². The summed E-state index contributed by atoms with van der Waals surface area (Å²) < 4.78 is 69.6. The van der Waals surface area contributed by atoms with E-state index in [1.165, 1.54) is 35.1 Å². The molecule has 13 heteroatoms. The van der Waals surface area contributed by atoms with E-state index < -0.39 is 46.8 Å². The minimum atomic E-state index is -4.90. The molecule has 0 bridgehead atoms. The number of alkyl halides is 3. The molecular formula is C28H15ClF5N5O2. The Labute approximate surface area is 232 Å². The number of nitrogens with zero attached hydrogens (tertiary/aromatic N) is 3. The molecule has 0 saturated heterocycles. The number of amides is 2. The van der Waals surface area contributed by atoms with Crippen LogP contribution in [0.1, 0.15) is 43.4 Å². The predicted octanol–water partition coefficient (Wildman–Crippen LogP) is 6.43. The molecule has 0 spiro atoms. The third-order valence-electron chi connectivity index (χ3n) is 6.57. The quantitative estimate of drug-likeness (QED) is 0.239. The number of hydrogen-bond acceptors (Lipinski definition) is 4. The predicted molar refractivity (Wildman–Crippen MR) is 138 cm³/mol. The Morgan fingerprint density at radius 2 is 1.80 bits per heavy atom. The minimum absolute atomic E-state index is 0.00422. The summed E-state index contributed by atoms with van der Waals surface area (Å²) >= 11 is 6.32. The molecule has 2 N–H and O–H groups in total. The van der Waals surface area contributed by atoms with Crippen LogP contribution in [-0.4, -0.2) is 26.4 Å². The lowest BCUT2D eigenvalue weighted by Gasteiger charge is -2.19. The van der Waals surface area contributed by atoms with E-state index in [2.05, 4.69) is 20.7 Å². The highest BCUT2D eigenvalue weighted by atomic mass is 35.5. The van der Waals surface area contributed by atoms with Gasteiger partial charge in [-0.25, -0.2) is 18.3 Å². The average molecular weight is 584 g/mol. The normalized spacial score (nSPS) is 14.7. The topological polar surface area (TPSA) is 88.4 Å². The van der Waals surface area contributed by atoms with Gasteiger partial charge in [-0.15, -0.1) is 0 Å². The number of carbonyl (C=O) groups is 2. The van der Waals surface area contributed by atoms with E-state index in [1.54, 1.807) is 12.3 Å². The molecule has 3 aromatic carbocycles. The molecule has 2 aromatic heterocycles. The molecule has 0 aliphatic carbocycles. The van der Waals surface area contributed by atoms with Gasteiger partial charge in [0, 0.05) is 57.0 Å². The van der Waals surface area contributed by atoms with Crippen molar-refractivity contribution in [3.63, 3.8) is 0 Å².